The Balaban J connectivity index is 1.97. The van der Waals surface area contributed by atoms with Crippen molar-refractivity contribution < 1.29 is 4.74 Å². The number of H-pyrrole nitrogens is 1. The van der Waals surface area contributed by atoms with Crippen molar-refractivity contribution in [2.24, 2.45) is 0 Å². The molecule has 0 bridgehead atoms. The fourth-order valence-electron chi connectivity index (χ4n) is 1.66. The zero-order valence-corrected chi connectivity index (χ0v) is 9.61. The van der Waals surface area contributed by atoms with Crippen LogP contribution in [0.5, 0.6) is 11.5 Å². The van der Waals surface area contributed by atoms with Crippen molar-refractivity contribution in [1.29, 1.82) is 0 Å². The van der Waals surface area contributed by atoms with Gasteiger partial charge in [0.2, 0.25) is 0 Å². The SMILES string of the molecule is Clc1ncccc1Oc1ccc2cc[nH]c2c1. The van der Waals surface area contributed by atoms with Gasteiger partial charge in [0.1, 0.15) is 5.75 Å². The summed E-state index contributed by atoms with van der Waals surface area (Å²) in [4.78, 5) is 7.09. The normalized spacial score (nSPS) is 10.6. The Morgan fingerprint density at radius 2 is 2.12 bits per heavy atom. The maximum atomic E-state index is 5.93. The number of nitrogens with zero attached hydrogens (tertiary/aromatic N) is 1. The number of aromatic nitrogens is 2. The van der Waals surface area contributed by atoms with E-state index in [1.54, 1.807) is 18.3 Å². The van der Waals surface area contributed by atoms with Crippen LogP contribution in [-0.2, 0) is 0 Å². The highest BCUT2D eigenvalue weighted by Gasteiger charge is 2.04. The second kappa shape index (κ2) is 4.11. The molecule has 17 heavy (non-hydrogen) atoms. The molecular formula is C13H9ClN2O. The van der Waals surface area contributed by atoms with Gasteiger partial charge in [-0.2, -0.15) is 0 Å². The minimum atomic E-state index is 0.360. The van der Waals surface area contributed by atoms with Gasteiger partial charge in [-0.25, -0.2) is 4.98 Å². The van der Waals surface area contributed by atoms with E-state index < -0.39 is 0 Å². The Bertz CT molecular complexity index is 663. The number of fused-ring (bicyclic) bond motifs is 1. The van der Waals surface area contributed by atoms with E-state index in [1.807, 2.05) is 30.5 Å². The van der Waals surface area contributed by atoms with Gasteiger partial charge in [0.15, 0.2) is 10.9 Å². The average molecular weight is 245 g/mol. The number of rotatable bonds is 2. The minimum absolute atomic E-state index is 0.360. The average Bonchev–Trinajstić information content (AvgIpc) is 2.79. The summed E-state index contributed by atoms with van der Waals surface area (Å²) in [6.45, 7) is 0. The van der Waals surface area contributed by atoms with Crippen LogP contribution < -0.4 is 4.74 Å². The van der Waals surface area contributed by atoms with E-state index in [9.17, 15) is 0 Å². The van der Waals surface area contributed by atoms with Crippen molar-refractivity contribution in [3.05, 3.63) is 53.9 Å². The number of pyridine rings is 1. The number of benzene rings is 1. The summed E-state index contributed by atoms with van der Waals surface area (Å²) in [5, 5.41) is 1.51. The second-order valence-electron chi connectivity index (χ2n) is 3.62. The summed E-state index contributed by atoms with van der Waals surface area (Å²) in [6, 6.07) is 11.4. The van der Waals surface area contributed by atoms with Crippen LogP contribution in [0.3, 0.4) is 0 Å². The highest BCUT2D eigenvalue weighted by Crippen LogP contribution is 2.28. The summed E-state index contributed by atoms with van der Waals surface area (Å²) < 4.78 is 5.67. The first-order chi connectivity index (χ1) is 8.33. The van der Waals surface area contributed by atoms with Crippen molar-refractivity contribution in [2.75, 3.05) is 0 Å². The van der Waals surface area contributed by atoms with Crippen molar-refractivity contribution >= 4 is 22.5 Å². The lowest BCUT2D eigenvalue weighted by Crippen LogP contribution is -1.86. The van der Waals surface area contributed by atoms with Gasteiger partial charge in [-0.15, -0.1) is 0 Å². The summed E-state index contributed by atoms with van der Waals surface area (Å²) in [7, 11) is 0. The van der Waals surface area contributed by atoms with Crippen LogP contribution >= 0.6 is 11.6 Å². The van der Waals surface area contributed by atoms with Crippen LogP contribution in [0, 0.1) is 0 Å². The maximum absolute atomic E-state index is 5.93. The van der Waals surface area contributed by atoms with E-state index in [0.29, 0.717) is 10.9 Å². The molecule has 1 N–H and O–H groups in total. The molecule has 0 unspecified atom stereocenters. The molecule has 4 heteroatoms. The summed E-state index contributed by atoms with van der Waals surface area (Å²) >= 11 is 5.93. The Labute approximate surface area is 103 Å². The molecule has 0 aliphatic carbocycles. The number of aromatic amines is 1. The molecule has 0 radical (unpaired) electrons. The Morgan fingerprint density at radius 1 is 1.18 bits per heavy atom. The maximum Gasteiger partial charge on any atom is 0.171 e. The van der Waals surface area contributed by atoms with Crippen molar-refractivity contribution in [2.45, 2.75) is 0 Å². The highest BCUT2D eigenvalue weighted by molar-refractivity contribution is 6.30. The molecule has 84 valence electrons. The first kappa shape index (κ1) is 10.2. The summed E-state index contributed by atoms with van der Waals surface area (Å²) in [6.07, 6.45) is 3.52. The molecule has 0 atom stereocenters. The van der Waals surface area contributed by atoms with E-state index in [0.717, 1.165) is 16.7 Å². The highest BCUT2D eigenvalue weighted by atomic mass is 35.5. The van der Waals surface area contributed by atoms with Gasteiger partial charge in [0.05, 0.1) is 0 Å². The Kier molecular flexibility index (Phi) is 2.46. The molecule has 2 aromatic heterocycles. The van der Waals surface area contributed by atoms with Gasteiger partial charge in [-0.3, -0.25) is 0 Å². The summed E-state index contributed by atoms with van der Waals surface area (Å²) in [5.74, 6) is 1.29. The molecule has 2 heterocycles. The predicted molar refractivity (Wildman–Crippen MR) is 67.6 cm³/mol. The van der Waals surface area contributed by atoms with Crippen LogP contribution in [0.25, 0.3) is 10.9 Å². The van der Waals surface area contributed by atoms with E-state index in [1.165, 1.54) is 0 Å². The van der Waals surface area contributed by atoms with Gasteiger partial charge in [-0.05, 0) is 35.7 Å². The minimum Gasteiger partial charge on any atom is -0.454 e. The molecule has 0 saturated heterocycles. The first-order valence-electron chi connectivity index (χ1n) is 5.18. The number of nitrogens with one attached hydrogen (secondary N) is 1. The van der Waals surface area contributed by atoms with E-state index in [4.69, 9.17) is 16.3 Å². The molecule has 3 nitrogen and oxygen atoms in total. The van der Waals surface area contributed by atoms with E-state index in [2.05, 4.69) is 9.97 Å². The van der Waals surface area contributed by atoms with Crippen LogP contribution in [0.15, 0.2) is 48.8 Å². The first-order valence-corrected chi connectivity index (χ1v) is 5.56. The lowest BCUT2D eigenvalue weighted by molar-refractivity contribution is 0.481. The van der Waals surface area contributed by atoms with Gasteiger partial charge in [0.25, 0.3) is 0 Å². The quantitative estimate of drug-likeness (QED) is 0.692. The molecule has 3 aromatic rings. The van der Waals surface area contributed by atoms with Crippen LogP contribution in [0.1, 0.15) is 0 Å². The number of hydrogen-bond acceptors (Lipinski definition) is 2. The van der Waals surface area contributed by atoms with Crippen molar-refractivity contribution in [3.63, 3.8) is 0 Å². The van der Waals surface area contributed by atoms with Crippen LogP contribution in [0.2, 0.25) is 5.15 Å². The zero-order chi connectivity index (χ0) is 11.7. The van der Waals surface area contributed by atoms with E-state index in [-0.39, 0.29) is 0 Å². The van der Waals surface area contributed by atoms with Gasteiger partial charge in [-0.1, -0.05) is 11.6 Å². The van der Waals surface area contributed by atoms with Crippen LogP contribution in [-0.4, -0.2) is 9.97 Å². The Hall–Kier alpha value is -2.00. The van der Waals surface area contributed by atoms with Crippen molar-refractivity contribution in [3.8, 4) is 11.5 Å². The molecule has 0 spiro atoms. The fraction of sp³-hybridized carbons (Fsp3) is 0. The molecule has 0 amide bonds. The number of ether oxygens (including phenoxy) is 1. The fourth-order valence-corrected chi connectivity index (χ4v) is 1.82. The molecule has 0 saturated carbocycles. The largest absolute Gasteiger partial charge is 0.454 e. The number of hydrogen-bond donors (Lipinski definition) is 1. The van der Waals surface area contributed by atoms with E-state index >= 15 is 0 Å². The second-order valence-corrected chi connectivity index (χ2v) is 3.98. The summed E-state index contributed by atoms with van der Waals surface area (Å²) in [5.41, 5.74) is 1.03. The predicted octanol–water partition coefficient (Wildman–Crippen LogP) is 4.01. The smallest absolute Gasteiger partial charge is 0.171 e. The lowest BCUT2D eigenvalue weighted by Gasteiger charge is -2.06. The zero-order valence-electron chi connectivity index (χ0n) is 8.85. The molecule has 1 aromatic carbocycles. The van der Waals surface area contributed by atoms with Crippen LogP contribution in [0.4, 0.5) is 0 Å². The topological polar surface area (TPSA) is 37.9 Å². The lowest BCUT2D eigenvalue weighted by atomic mass is 10.2. The van der Waals surface area contributed by atoms with Crippen molar-refractivity contribution in [1.82, 2.24) is 9.97 Å². The standard InChI is InChI=1S/C13H9ClN2O/c14-13-12(2-1-6-16-13)17-10-4-3-9-5-7-15-11(9)8-10/h1-8,15H. The third-order valence-electron chi connectivity index (χ3n) is 2.48. The third-order valence-corrected chi connectivity index (χ3v) is 2.76. The molecule has 0 aliphatic rings. The monoisotopic (exact) mass is 244 g/mol. The third kappa shape index (κ3) is 1.97. The molecule has 3 rings (SSSR count). The molecule has 0 aliphatic heterocycles. The van der Waals surface area contributed by atoms with Gasteiger partial charge < -0.3 is 9.72 Å². The molecule has 0 fully saturated rings. The Morgan fingerprint density at radius 3 is 3.00 bits per heavy atom. The van der Waals surface area contributed by atoms with Gasteiger partial charge >= 0.3 is 0 Å². The van der Waals surface area contributed by atoms with Gasteiger partial charge in [0, 0.05) is 24.0 Å². The number of halogens is 1. The molecular weight excluding hydrogens is 236 g/mol.